The number of amides is 1. The molecule has 6 heteroatoms. The van der Waals surface area contributed by atoms with E-state index in [-0.39, 0.29) is 18.3 Å². The van der Waals surface area contributed by atoms with E-state index in [0.29, 0.717) is 6.42 Å². The van der Waals surface area contributed by atoms with Crippen LogP contribution < -0.4 is 0 Å². The maximum atomic E-state index is 11.4. The molecular formula is C12H19NO5. The Balaban J connectivity index is 2.39. The van der Waals surface area contributed by atoms with Gasteiger partial charge in [0.05, 0.1) is 6.42 Å². The van der Waals surface area contributed by atoms with Crippen LogP contribution in [0.4, 0.5) is 0 Å². The molecule has 1 unspecified atom stereocenters. The lowest BCUT2D eigenvalue weighted by Gasteiger charge is -2.40. The summed E-state index contributed by atoms with van der Waals surface area (Å²) in [5.74, 6) is -1.75. The van der Waals surface area contributed by atoms with Gasteiger partial charge in [-0.25, -0.2) is 4.79 Å². The van der Waals surface area contributed by atoms with Crippen LogP contribution >= 0.6 is 0 Å². The first kappa shape index (κ1) is 14.5. The summed E-state index contributed by atoms with van der Waals surface area (Å²) in [6.07, 6.45) is 2.18. The van der Waals surface area contributed by atoms with Crippen LogP contribution in [0.2, 0.25) is 0 Å². The highest BCUT2D eigenvalue weighted by Crippen LogP contribution is 2.23. The molecule has 1 heterocycles. The van der Waals surface area contributed by atoms with Gasteiger partial charge < -0.3 is 9.84 Å². The lowest BCUT2D eigenvalue weighted by molar-refractivity contribution is -0.185. The van der Waals surface area contributed by atoms with Gasteiger partial charge in [-0.2, -0.15) is 0 Å². The zero-order valence-electron chi connectivity index (χ0n) is 10.7. The van der Waals surface area contributed by atoms with E-state index in [4.69, 9.17) is 9.84 Å². The van der Waals surface area contributed by atoms with Gasteiger partial charge >= 0.3 is 11.9 Å². The van der Waals surface area contributed by atoms with Crippen molar-refractivity contribution in [3.63, 3.8) is 0 Å². The van der Waals surface area contributed by atoms with Crippen LogP contribution in [0, 0.1) is 0 Å². The van der Waals surface area contributed by atoms with Gasteiger partial charge in [0.1, 0.15) is 6.04 Å². The molecule has 0 aromatic rings. The van der Waals surface area contributed by atoms with E-state index < -0.39 is 18.2 Å². The highest BCUT2D eigenvalue weighted by molar-refractivity contribution is 5.94. The first-order chi connectivity index (χ1) is 8.47. The molecular weight excluding hydrogens is 238 g/mol. The number of rotatable bonds is 7. The molecule has 0 spiro atoms. The Labute approximate surface area is 106 Å². The molecule has 2 atom stereocenters. The third-order valence-electron chi connectivity index (χ3n) is 2.95. The summed E-state index contributed by atoms with van der Waals surface area (Å²) < 4.78 is 5.05. The lowest BCUT2D eigenvalue weighted by Crippen LogP contribution is -2.60. The van der Waals surface area contributed by atoms with E-state index >= 15 is 0 Å². The van der Waals surface area contributed by atoms with Gasteiger partial charge in [-0.3, -0.25) is 14.5 Å². The smallest absolute Gasteiger partial charge is 0.327 e. The largest absolute Gasteiger partial charge is 0.480 e. The molecule has 1 amide bonds. The number of unbranched alkanes of at least 4 members (excludes halogenated alkanes) is 2. The standard InChI is InChI=1S/C12H19NO5/c1-3-4-5-6-11(15)18-8(2)13-9(12(16)17)7-10(13)14/h8-9H,3-7H2,1-2H3,(H,16,17)/t8-,9?/m1/s1. The van der Waals surface area contributed by atoms with Gasteiger partial charge in [0, 0.05) is 6.42 Å². The summed E-state index contributed by atoms with van der Waals surface area (Å²) in [6.45, 7) is 3.55. The maximum Gasteiger partial charge on any atom is 0.327 e. The Morgan fingerprint density at radius 1 is 1.50 bits per heavy atom. The van der Waals surface area contributed by atoms with E-state index in [1.807, 2.05) is 6.92 Å². The normalized spacial score (nSPS) is 20.2. The number of β-lactam (4-membered cyclic amide) rings is 1. The summed E-state index contributed by atoms with van der Waals surface area (Å²) in [4.78, 5) is 34.6. The van der Waals surface area contributed by atoms with E-state index in [0.717, 1.165) is 24.2 Å². The fourth-order valence-corrected chi connectivity index (χ4v) is 1.92. The number of hydrogen-bond donors (Lipinski definition) is 1. The molecule has 0 aromatic heterocycles. The van der Waals surface area contributed by atoms with Crippen molar-refractivity contribution in [3.05, 3.63) is 0 Å². The molecule has 6 nitrogen and oxygen atoms in total. The van der Waals surface area contributed by atoms with Gasteiger partial charge in [-0.1, -0.05) is 19.8 Å². The fraction of sp³-hybridized carbons (Fsp3) is 0.750. The average Bonchev–Trinajstić information content (AvgIpc) is 2.25. The number of carbonyl (C=O) groups is 3. The number of carbonyl (C=O) groups excluding carboxylic acids is 2. The van der Waals surface area contributed by atoms with Crippen molar-refractivity contribution in [3.8, 4) is 0 Å². The first-order valence-electron chi connectivity index (χ1n) is 6.20. The Morgan fingerprint density at radius 2 is 2.17 bits per heavy atom. The first-order valence-corrected chi connectivity index (χ1v) is 6.20. The summed E-state index contributed by atoms with van der Waals surface area (Å²) in [7, 11) is 0. The summed E-state index contributed by atoms with van der Waals surface area (Å²) in [5, 5.41) is 8.84. The second-order valence-corrected chi connectivity index (χ2v) is 4.41. The zero-order chi connectivity index (χ0) is 13.7. The topological polar surface area (TPSA) is 83.9 Å². The van der Waals surface area contributed by atoms with Gasteiger partial charge in [0.15, 0.2) is 6.23 Å². The molecule has 0 radical (unpaired) electrons. The van der Waals surface area contributed by atoms with Gasteiger partial charge in [-0.05, 0) is 13.3 Å². The fourth-order valence-electron chi connectivity index (χ4n) is 1.92. The SMILES string of the molecule is CCCCCC(=O)O[C@H](C)N1C(=O)CC1C(=O)O. The van der Waals surface area contributed by atoms with Crippen LogP contribution in [-0.2, 0) is 19.1 Å². The van der Waals surface area contributed by atoms with Crippen molar-refractivity contribution in [2.75, 3.05) is 0 Å². The monoisotopic (exact) mass is 257 g/mol. The van der Waals surface area contributed by atoms with Crippen LogP contribution in [0.5, 0.6) is 0 Å². The minimum Gasteiger partial charge on any atom is -0.480 e. The molecule has 0 bridgehead atoms. The highest BCUT2D eigenvalue weighted by atomic mass is 16.6. The molecule has 1 rings (SSSR count). The number of carboxylic acid groups (broad SMARTS) is 1. The van der Waals surface area contributed by atoms with Crippen molar-refractivity contribution in [1.29, 1.82) is 0 Å². The number of hydrogen-bond acceptors (Lipinski definition) is 4. The van der Waals surface area contributed by atoms with E-state index in [1.54, 1.807) is 0 Å². The van der Waals surface area contributed by atoms with Crippen LogP contribution in [0.25, 0.3) is 0 Å². The van der Waals surface area contributed by atoms with Crippen LogP contribution in [0.15, 0.2) is 0 Å². The minimum atomic E-state index is -1.07. The summed E-state index contributed by atoms with van der Waals surface area (Å²) >= 11 is 0. The average molecular weight is 257 g/mol. The van der Waals surface area contributed by atoms with Crippen LogP contribution in [-0.4, -0.2) is 40.1 Å². The van der Waals surface area contributed by atoms with Crippen LogP contribution in [0.3, 0.4) is 0 Å². The molecule has 1 aliphatic rings. The summed E-state index contributed by atoms with van der Waals surface area (Å²) in [5.41, 5.74) is 0. The zero-order valence-corrected chi connectivity index (χ0v) is 10.7. The predicted molar refractivity (Wildman–Crippen MR) is 62.6 cm³/mol. The Bertz CT molecular complexity index is 341. The summed E-state index contributed by atoms with van der Waals surface area (Å²) in [6, 6.07) is -0.865. The second-order valence-electron chi connectivity index (χ2n) is 4.41. The number of likely N-dealkylation sites (tertiary alicyclic amines) is 1. The van der Waals surface area contributed by atoms with Crippen molar-refractivity contribution >= 4 is 17.8 Å². The number of aliphatic carboxylic acids is 1. The van der Waals surface area contributed by atoms with Crippen LogP contribution in [0.1, 0.15) is 46.0 Å². The molecule has 1 fully saturated rings. The van der Waals surface area contributed by atoms with Gasteiger partial charge in [0.2, 0.25) is 5.91 Å². The molecule has 1 saturated heterocycles. The Kier molecular flexibility index (Phi) is 5.12. The molecule has 0 aliphatic carbocycles. The number of nitrogens with zero attached hydrogens (tertiary/aromatic N) is 1. The Hall–Kier alpha value is -1.59. The van der Waals surface area contributed by atoms with Crippen molar-refractivity contribution in [1.82, 2.24) is 4.90 Å². The van der Waals surface area contributed by atoms with Crippen molar-refractivity contribution < 1.29 is 24.2 Å². The Morgan fingerprint density at radius 3 is 2.67 bits per heavy atom. The van der Waals surface area contributed by atoms with E-state index in [2.05, 4.69) is 0 Å². The van der Waals surface area contributed by atoms with Crippen molar-refractivity contribution in [2.24, 2.45) is 0 Å². The predicted octanol–water partition coefficient (Wildman–Crippen LogP) is 1.14. The third-order valence-corrected chi connectivity index (χ3v) is 2.95. The maximum absolute atomic E-state index is 11.4. The molecule has 102 valence electrons. The number of ether oxygens (including phenoxy) is 1. The molecule has 18 heavy (non-hydrogen) atoms. The third kappa shape index (κ3) is 3.45. The van der Waals surface area contributed by atoms with E-state index in [1.165, 1.54) is 6.92 Å². The van der Waals surface area contributed by atoms with Gasteiger partial charge in [0.25, 0.3) is 0 Å². The molecule has 1 N–H and O–H groups in total. The lowest BCUT2D eigenvalue weighted by atomic mass is 10.0. The minimum absolute atomic E-state index is 0.0208. The number of esters is 1. The molecule has 1 aliphatic heterocycles. The quantitative estimate of drug-likeness (QED) is 0.420. The van der Waals surface area contributed by atoms with Gasteiger partial charge in [-0.15, -0.1) is 0 Å². The van der Waals surface area contributed by atoms with E-state index in [9.17, 15) is 14.4 Å². The highest BCUT2D eigenvalue weighted by Gasteiger charge is 2.45. The second kappa shape index (κ2) is 6.37. The number of carboxylic acids is 1. The van der Waals surface area contributed by atoms with Crippen molar-refractivity contribution in [2.45, 2.75) is 58.2 Å². The molecule has 0 aromatic carbocycles. The molecule has 0 saturated carbocycles.